The molecule has 2 aliphatic heterocycles. The maximum atomic E-state index is 12.0. The Hall–Kier alpha value is -1.60. The van der Waals surface area contributed by atoms with E-state index >= 15 is 0 Å². The molecule has 8 heteroatoms. The molecular formula is C32H40Cl2N2O2S2. The predicted molar refractivity (Wildman–Crippen MR) is 169 cm³/mol. The van der Waals surface area contributed by atoms with E-state index in [-0.39, 0.29) is 11.8 Å². The van der Waals surface area contributed by atoms with E-state index in [1.165, 1.54) is 97.2 Å². The largest absolute Gasteiger partial charge is 0.333 e. The van der Waals surface area contributed by atoms with Crippen LogP contribution in [-0.4, -0.2) is 34.7 Å². The average Bonchev–Trinajstić information content (AvgIpc) is 3.56. The van der Waals surface area contributed by atoms with Crippen molar-refractivity contribution < 1.29 is 9.59 Å². The lowest BCUT2D eigenvalue weighted by Crippen LogP contribution is -2.39. The van der Waals surface area contributed by atoms with Gasteiger partial charge in [0.25, 0.3) is 0 Å². The Balaban J connectivity index is 0.000000161. The van der Waals surface area contributed by atoms with Gasteiger partial charge in [0.15, 0.2) is 0 Å². The molecule has 2 saturated carbocycles. The fourth-order valence-corrected chi connectivity index (χ4v) is 10.0. The van der Waals surface area contributed by atoms with E-state index in [0.717, 1.165) is 21.8 Å². The molecule has 2 aliphatic carbocycles. The molecular weight excluding hydrogens is 579 g/mol. The predicted octanol–water partition coefficient (Wildman–Crippen LogP) is 9.19. The molecule has 2 atom stereocenters. The SMILES string of the molecule is C=CC(=O)N1Cc2sc(Cl)cc2[C@@H](C2CCCCC2)C1.C=CC(=O)N1Cc2sc(Cl)cc2[C@H](C2CCCCC2)C1. The summed E-state index contributed by atoms with van der Waals surface area (Å²) in [5.41, 5.74) is 2.81. The van der Waals surface area contributed by atoms with E-state index in [9.17, 15) is 9.59 Å². The van der Waals surface area contributed by atoms with Gasteiger partial charge in [0.1, 0.15) is 0 Å². The molecule has 40 heavy (non-hydrogen) atoms. The number of thiophene rings is 2. The molecule has 0 unspecified atom stereocenters. The lowest BCUT2D eigenvalue weighted by Gasteiger charge is -2.38. The molecule has 0 aromatic carbocycles. The van der Waals surface area contributed by atoms with Crippen LogP contribution in [0.15, 0.2) is 37.4 Å². The molecule has 0 radical (unpaired) electrons. The molecule has 4 nitrogen and oxygen atoms in total. The molecule has 2 aromatic rings. The van der Waals surface area contributed by atoms with Gasteiger partial charge in [-0.25, -0.2) is 0 Å². The zero-order chi connectivity index (χ0) is 28.2. The van der Waals surface area contributed by atoms with Gasteiger partial charge < -0.3 is 9.80 Å². The summed E-state index contributed by atoms with van der Waals surface area (Å²) in [4.78, 5) is 30.4. The lowest BCUT2D eigenvalue weighted by molar-refractivity contribution is -0.128. The quantitative estimate of drug-likeness (QED) is 0.320. The summed E-state index contributed by atoms with van der Waals surface area (Å²) in [6, 6.07) is 4.27. The normalized spacial score (nSPS) is 23.4. The van der Waals surface area contributed by atoms with Crippen LogP contribution in [0.4, 0.5) is 0 Å². The average molecular weight is 620 g/mol. The van der Waals surface area contributed by atoms with E-state index < -0.39 is 0 Å². The summed E-state index contributed by atoms with van der Waals surface area (Å²) in [6.45, 7) is 10.3. The first kappa shape index (κ1) is 29.9. The second kappa shape index (κ2) is 13.6. The van der Waals surface area contributed by atoms with Crippen LogP contribution in [0.1, 0.15) is 96.9 Å². The Morgan fingerprint density at radius 1 is 0.700 bits per heavy atom. The molecule has 2 aromatic heterocycles. The van der Waals surface area contributed by atoms with Crippen LogP contribution in [0.25, 0.3) is 0 Å². The Morgan fingerprint density at radius 2 is 1.07 bits per heavy atom. The van der Waals surface area contributed by atoms with Gasteiger partial charge in [0.2, 0.25) is 11.8 Å². The van der Waals surface area contributed by atoms with Gasteiger partial charge >= 0.3 is 0 Å². The number of halogens is 2. The molecule has 2 amide bonds. The first-order valence-electron chi connectivity index (χ1n) is 14.8. The molecule has 0 saturated heterocycles. The fraction of sp³-hybridized carbons (Fsp3) is 0.562. The van der Waals surface area contributed by atoms with Gasteiger partial charge in [-0.15, -0.1) is 22.7 Å². The molecule has 0 bridgehead atoms. The molecule has 6 rings (SSSR count). The van der Waals surface area contributed by atoms with Crippen molar-refractivity contribution >= 4 is 57.7 Å². The van der Waals surface area contributed by atoms with Crippen molar-refractivity contribution in [1.29, 1.82) is 0 Å². The van der Waals surface area contributed by atoms with E-state index in [1.807, 2.05) is 9.80 Å². The first-order valence-corrected chi connectivity index (χ1v) is 17.2. The van der Waals surface area contributed by atoms with E-state index in [2.05, 4.69) is 25.3 Å². The van der Waals surface area contributed by atoms with Crippen LogP contribution in [0.3, 0.4) is 0 Å². The van der Waals surface area contributed by atoms with Gasteiger partial charge in [-0.1, -0.05) is 74.9 Å². The third-order valence-electron chi connectivity index (χ3n) is 9.34. The highest BCUT2D eigenvalue weighted by atomic mass is 35.5. The highest BCUT2D eigenvalue weighted by Gasteiger charge is 2.36. The van der Waals surface area contributed by atoms with Gasteiger partial charge in [-0.05, 0) is 72.9 Å². The zero-order valence-corrected chi connectivity index (χ0v) is 26.4. The minimum absolute atomic E-state index is 0.0426. The Morgan fingerprint density at radius 3 is 1.43 bits per heavy atom. The third-order valence-corrected chi connectivity index (χ3v) is 11.9. The van der Waals surface area contributed by atoms with E-state index in [4.69, 9.17) is 23.2 Å². The first-order chi connectivity index (χ1) is 19.4. The number of hydrogen-bond donors (Lipinski definition) is 0. The highest BCUT2D eigenvalue weighted by Crippen LogP contribution is 2.45. The summed E-state index contributed by atoms with van der Waals surface area (Å²) in [5.74, 6) is 2.42. The van der Waals surface area contributed by atoms with Crippen molar-refractivity contribution in [2.75, 3.05) is 13.1 Å². The minimum Gasteiger partial charge on any atom is -0.333 e. The third kappa shape index (κ3) is 6.72. The number of rotatable bonds is 4. The van der Waals surface area contributed by atoms with E-state index in [0.29, 0.717) is 36.8 Å². The Labute approximate surface area is 257 Å². The summed E-state index contributed by atoms with van der Waals surface area (Å²) in [6.07, 6.45) is 16.0. The fourth-order valence-electron chi connectivity index (χ4n) is 7.31. The van der Waals surface area contributed by atoms with Gasteiger partial charge in [-0.3, -0.25) is 9.59 Å². The Kier molecular flexibility index (Phi) is 10.1. The van der Waals surface area contributed by atoms with Crippen LogP contribution in [-0.2, 0) is 22.7 Å². The van der Waals surface area contributed by atoms with Gasteiger partial charge in [-0.2, -0.15) is 0 Å². The molecule has 0 spiro atoms. The van der Waals surface area contributed by atoms with Crippen molar-refractivity contribution in [3.05, 3.63) is 67.0 Å². The maximum absolute atomic E-state index is 12.0. The second-order valence-electron chi connectivity index (χ2n) is 11.7. The smallest absolute Gasteiger partial charge is 0.246 e. The second-order valence-corrected chi connectivity index (χ2v) is 15.2. The number of carbonyl (C=O) groups excluding carboxylic acids is 2. The van der Waals surface area contributed by atoms with Crippen molar-refractivity contribution in [2.45, 2.75) is 89.1 Å². The van der Waals surface area contributed by atoms with Crippen molar-refractivity contribution in [3.8, 4) is 0 Å². The van der Waals surface area contributed by atoms with Crippen LogP contribution in [0, 0.1) is 11.8 Å². The highest BCUT2D eigenvalue weighted by molar-refractivity contribution is 7.16. The van der Waals surface area contributed by atoms with Crippen LogP contribution in [0.5, 0.6) is 0 Å². The minimum atomic E-state index is 0.0426. The van der Waals surface area contributed by atoms with Crippen LogP contribution >= 0.6 is 45.9 Å². The van der Waals surface area contributed by atoms with Gasteiger partial charge in [0.05, 0.1) is 21.8 Å². The number of fused-ring (bicyclic) bond motifs is 2. The topological polar surface area (TPSA) is 40.6 Å². The standard InChI is InChI=1S/2C16H20ClNOS/c2*1-2-16(19)18-9-13(11-6-4-3-5-7-11)12-8-15(17)20-14(12)10-18/h2*2,8,11,13H,1,3-7,9-10H2/t2*13-/m10/s1. The Bertz CT molecular complexity index is 1130. The van der Waals surface area contributed by atoms with Crippen molar-refractivity contribution in [1.82, 2.24) is 9.80 Å². The molecule has 2 fully saturated rings. The molecule has 0 N–H and O–H groups in total. The number of amides is 2. The van der Waals surface area contributed by atoms with Crippen LogP contribution < -0.4 is 0 Å². The lowest BCUT2D eigenvalue weighted by atomic mass is 9.75. The van der Waals surface area contributed by atoms with Crippen LogP contribution in [0.2, 0.25) is 8.67 Å². The number of hydrogen-bond acceptors (Lipinski definition) is 4. The molecule has 4 aliphatic rings. The summed E-state index contributed by atoms with van der Waals surface area (Å²) >= 11 is 15.7. The van der Waals surface area contributed by atoms with E-state index in [1.54, 1.807) is 22.7 Å². The van der Waals surface area contributed by atoms with Crippen molar-refractivity contribution in [2.24, 2.45) is 11.8 Å². The molecule has 4 heterocycles. The molecule has 216 valence electrons. The number of nitrogens with zero attached hydrogens (tertiary/aromatic N) is 2. The summed E-state index contributed by atoms with van der Waals surface area (Å²) < 4.78 is 1.70. The summed E-state index contributed by atoms with van der Waals surface area (Å²) in [7, 11) is 0. The monoisotopic (exact) mass is 618 g/mol. The van der Waals surface area contributed by atoms with Gasteiger partial charge in [0, 0.05) is 34.7 Å². The summed E-state index contributed by atoms with van der Waals surface area (Å²) in [5, 5.41) is 0. The number of carbonyl (C=O) groups is 2. The van der Waals surface area contributed by atoms with Crippen molar-refractivity contribution in [3.63, 3.8) is 0 Å². The maximum Gasteiger partial charge on any atom is 0.246 e. The zero-order valence-electron chi connectivity index (χ0n) is 23.2.